The Morgan fingerprint density at radius 1 is 1.20 bits per heavy atom. The lowest BCUT2D eigenvalue weighted by Crippen LogP contribution is -2.40. The van der Waals surface area contributed by atoms with Crippen molar-refractivity contribution in [3.63, 3.8) is 0 Å². The Balaban J connectivity index is 2.24. The van der Waals surface area contributed by atoms with Crippen molar-refractivity contribution in [1.82, 2.24) is 9.66 Å². The second-order valence-electron chi connectivity index (χ2n) is 5.14. The van der Waals surface area contributed by atoms with Crippen LogP contribution in [0.25, 0.3) is 11.0 Å². The van der Waals surface area contributed by atoms with E-state index in [9.17, 15) is 8.78 Å². The van der Waals surface area contributed by atoms with E-state index in [2.05, 4.69) is 4.98 Å². The number of fused-ring (bicyclic) bond motifs is 1. The monoisotopic (exact) mass is 299 g/mol. The van der Waals surface area contributed by atoms with Crippen molar-refractivity contribution in [2.45, 2.75) is 31.6 Å². The first kappa shape index (κ1) is 13.6. The number of alkyl halides is 1. The smallest absolute Gasteiger partial charge is 0.186 e. The highest BCUT2D eigenvalue weighted by Gasteiger charge is 2.24. The van der Waals surface area contributed by atoms with Crippen LogP contribution in [0.2, 0.25) is 0 Å². The molecule has 2 aromatic rings. The molecule has 1 aromatic heterocycles. The van der Waals surface area contributed by atoms with E-state index in [0.29, 0.717) is 11.3 Å². The molecule has 3 nitrogen and oxygen atoms in total. The van der Waals surface area contributed by atoms with Crippen molar-refractivity contribution in [3.05, 3.63) is 29.6 Å². The van der Waals surface area contributed by atoms with Crippen LogP contribution < -0.4 is 5.01 Å². The number of halogens is 3. The fourth-order valence-electron chi connectivity index (χ4n) is 2.73. The van der Waals surface area contributed by atoms with E-state index in [1.807, 2.05) is 5.01 Å². The number of hydrogen-bond acceptors (Lipinski definition) is 2. The highest BCUT2D eigenvalue weighted by Crippen LogP contribution is 2.28. The summed E-state index contributed by atoms with van der Waals surface area (Å²) in [6.45, 7) is 3.40. The summed E-state index contributed by atoms with van der Waals surface area (Å²) >= 11 is 6.16. The highest BCUT2D eigenvalue weighted by molar-refractivity contribution is 6.20. The molecule has 108 valence electrons. The number of imidazole rings is 1. The Bertz CT molecular complexity index is 633. The van der Waals surface area contributed by atoms with E-state index < -0.39 is 11.6 Å². The van der Waals surface area contributed by atoms with Crippen molar-refractivity contribution < 1.29 is 8.78 Å². The van der Waals surface area contributed by atoms with Crippen LogP contribution >= 0.6 is 11.6 Å². The molecule has 0 radical (unpaired) electrons. The Morgan fingerprint density at radius 2 is 1.90 bits per heavy atom. The largest absolute Gasteiger partial charge is 0.311 e. The van der Waals surface area contributed by atoms with Crippen LogP contribution in [0, 0.1) is 11.6 Å². The fourth-order valence-corrected chi connectivity index (χ4v) is 2.87. The Kier molecular flexibility index (Phi) is 3.54. The van der Waals surface area contributed by atoms with Crippen molar-refractivity contribution in [3.8, 4) is 0 Å². The maximum absolute atomic E-state index is 14.2. The predicted octanol–water partition coefficient (Wildman–Crippen LogP) is 3.74. The van der Waals surface area contributed by atoms with Gasteiger partial charge in [-0.3, -0.25) is 0 Å². The van der Waals surface area contributed by atoms with Crippen LogP contribution in [0.15, 0.2) is 12.1 Å². The SMILES string of the molecule is CC(Cl)c1nc2ccc(F)c(F)c2n1N1CCCCC1. The third kappa shape index (κ3) is 2.14. The van der Waals surface area contributed by atoms with Crippen LogP contribution in [0.1, 0.15) is 37.4 Å². The molecule has 6 heteroatoms. The summed E-state index contributed by atoms with van der Waals surface area (Å²) in [6, 6.07) is 2.60. The molecule has 1 saturated heterocycles. The number of benzene rings is 1. The second kappa shape index (κ2) is 5.20. The quantitative estimate of drug-likeness (QED) is 0.788. The molecule has 1 aliphatic heterocycles. The standard InChI is InChI=1S/C14H16ClF2N3/c1-9(15)14-18-11-6-5-10(16)12(17)13(11)20(14)19-7-3-2-4-8-19/h5-6,9H,2-4,7-8H2,1H3. The first-order valence-electron chi connectivity index (χ1n) is 6.85. The van der Waals surface area contributed by atoms with Gasteiger partial charge in [-0.05, 0) is 38.3 Å². The van der Waals surface area contributed by atoms with Gasteiger partial charge in [0.1, 0.15) is 11.3 Å². The molecular formula is C14H16ClF2N3. The van der Waals surface area contributed by atoms with Gasteiger partial charge in [0.15, 0.2) is 11.6 Å². The number of aromatic nitrogens is 2. The molecule has 20 heavy (non-hydrogen) atoms. The zero-order valence-corrected chi connectivity index (χ0v) is 12.0. The Morgan fingerprint density at radius 3 is 2.55 bits per heavy atom. The average molecular weight is 300 g/mol. The van der Waals surface area contributed by atoms with Gasteiger partial charge in [0.05, 0.1) is 10.9 Å². The number of rotatable bonds is 2. The molecule has 0 saturated carbocycles. The first-order chi connectivity index (χ1) is 9.59. The Hall–Kier alpha value is -1.36. The molecule has 1 aromatic carbocycles. The van der Waals surface area contributed by atoms with Crippen LogP contribution in [0.4, 0.5) is 8.78 Å². The van der Waals surface area contributed by atoms with Crippen LogP contribution in [0.3, 0.4) is 0 Å². The molecule has 2 heterocycles. The van der Waals surface area contributed by atoms with Gasteiger partial charge in [0.25, 0.3) is 0 Å². The van der Waals surface area contributed by atoms with Crippen molar-refractivity contribution in [2.75, 3.05) is 18.1 Å². The third-order valence-corrected chi connectivity index (χ3v) is 3.88. The zero-order chi connectivity index (χ0) is 14.3. The molecule has 3 rings (SSSR count). The minimum atomic E-state index is -0.857. The minimum absolute atomic E-state index is 0.189. The second-order valence-corrected chi connectivity index (χ2v) is 5.80. The zero-order valence-electron chi connectivity index (χ0n) is 11.2. The van der Waals surface area contributed by atoms with Gasteiger partial charge in [-0.2, -0.15) is 0 Å². The topological polar surface area (TPSA) is 21.1 Å². The van der Waals surface area contributed by atoms with Crippen LogP contribution in [-0.4, -0.2) is 22.7 Å². The van der Waals surface area contributed by atoms with Crippen molar-refractivity contribution in [2.24, 2.45) is 0 Å². The molecular weight excluding hydrogens is 284 g/mol. The van der Waals surface area contributed by atoms with Crippen LogP contribution in [0.5, 0.6) is 0 Å². The lowest BCUT2D eigenvalue weighted by atomic mass is 10.2. The maximum atomic E-state index is 14.2. The van der Waals surface area contributed by atoms with Crippen molar-refractivity contribution in [1.29, 1.82) is 0 Å². The van der Waals surface area contributed by atoms with E-state index in [4.69, 9.17) is 11.6 Å². The number of piperidine rings is 1. The molecule has 1 fully saturated rings. The molecule has 1 atom stereocenters. The highest BCUT2D eigenvalue weighted by atomic mass is 35.5. The maximum Gasteiger partial charge on any atom is 0.186 e. The van der Waals surface area contributed by atoms with Gasteiger partial charge in [-0.15, -0.1) is 11.6 Å². The Labute approximate surface area is 121 Å². The summed E-state index contributed by atoms with van der Waals surface area (Å²) < 4.78 is 29.4. The van der Waals surface area contributed by atoms with Gasteiger partial charge < -0.3 is 5.01 Å². The summed E-state index contributed by atoms with van der Waals surface area (Å²) in [5, 5.41) is 1.64. The van der Waals surface area contributed by atoms with E-state index in [-0.39, 0.29) is 10.9 Å². The molecule has 0 amide bonds. The molecule has 1 unspecified atom stereocenters. The molecule has 1 aliphatic rings. The third-order valence-electron chi connectivity index (χ3n) is 3.68. The van der Waals surface area contributed by atoms with Gasteiger partial charge in [-0.25, -0.2) is 18.4 Å². The molecule has 0 spiro atoms. The molecule has 0 N–H and O–H groups in total. The summed E-state index contributed by atoms with van der Waals surface area (Å²) in [7, 11) is 0. The normalized spacial score (nSPS) is 17.7. The van der Waals surface area contributed by atoms with E-state index in [1.165, 1.54) is 6.07 Å². The fraction of sp³-hybridized carbons (Fsp3) is 0.500. The van der Waals surface area contributed by atoms with Gasteiger partial charge in [0, 0.05) is 13.1 Å². The summed E-state index contributed by atoms with van der Waals surface area (Å²) in [4.78, 5) is 4.37. The van der Waals surface area contributed by atoms with Gasteiger partial charge in [0.2, 0.25) is 0 Å². The predicted molar refractivity (Wildman–Crippen MR) is 75.7 cm³/mol. The van der Waals surface area contributed by atoms with E-state index >= 15 is 0 Å². The summed E-state index contributed by atoms with van der Waals surface area (Å²) in [5.74, 6) is -1.15. The van der Waals surface area contributed by atoms with Crippen molar-refractivity contribution >= 4 is 22.6 Å². The molecule has 0 aliphatic carbocycles. The van der Waals surface area contributed by atoms with Gasteiger partial charge in [-0.1, -0.05) is 0 Å². The average Bonchev–Trinajstić information content (AvgIpc) is 2.84. The van der Waals surface area contributed by atoms with Crippen LogP contribution in [-0.2, 0) is 0 Å². The lowest BCUT2D eigenvalue weighted by molar-refractivity contribution is 0.464. The lowest BCUT2D eigenvalue weighted by Gasteiger charge is -2.31. The molecule has 0 bridgehead atoms. The summed E-state index contributed by atoms with van der Waals surface area (Å²) in [6.07, 6.45) is 3.23. The van der Waals surface area contributed by atoms with Gasteiger partial charge >= 0.3 is 0 Å². The van der Waals surface area contributed by atoms with E-state index in [0.717, 1.165) is 38.4 Å². The summed E-state index contributed by atoms with van der Waals surface area (Å²) in [5.41, 5.74) is 0.631. The minimum Gasteiger partial charge on any atom is -0.311 e. The van der Waals surface area contributed by atoms with E-state index in [1.54, 1.807) is 11.6 Å². The number of nitrogens with zero attached hydrogens (tertiary/aromatic N) is 3. The number of hydrogen-bond donors (Lipinski definition) is 0. The first-order valence-corrected chi connectivity index (χ1v) is 7.29.